The van der Waals surface area contributed by atoms with Crippen molar-refractivity contribution >= 4 is 34.7 Å². The van der Waals surface area contributed by atoms with E-state index < -0.39 is 5.41 Å². The monoisotopic (exact) mass is 324 g/mol. The summed E-state index contributed by atoms with van der Waals surface area (Å²) in [5.74, 6) is -0.0585. The van der Waals surface area contributed by atoms with Gasteiger partial charge in [-0.25, -0.2) is 0 Å². The van der Waals surface area contributed by atoms with E-state index in [0.29, 0.717) is 16.6 Å². The van der Waals surface area contributed by atoms with E-state index in [1.807, 2.05) is 24.3 Å². The molecule has 0 heterocycles. The Labute approximate surface area is 136 Å². The Balaban J connectivity index is 2.09. The largest absolute Gasteiger partial charge is 0.392 e. The van der Waals surface area contributed by atoms with Crippen LogP contribution >= 0.6 is 23.8 Å². The number of hydrogen-bond acceptors (Lipinski definition) is 2. The third-order valence-electron chi connectivity index (χ3n) is 4.26. The first-order chi connectivity index (χ1) is 10.1. The molecule has 114 valence electrons. The minimum absolute atomic E-state index is 0.0585. The zero-order valence-corrected chi connectivity index (χ0v) is 13.6. The van der Waals surface area contributed by atoms with Crippen LogP contribution in [-0.4, -0.2) is 10.9 Å². The first kappa shape index (κ1) is 16.2. The highest BCUT2D eigenvalue weighted by molar-refractivity contribution is 7.80. The fraction of sp³-hybridized carbons (Fsp3) is 0.500. The lowest BCUT2D eigenvalue weighted by molar-refractivity contribution is -0.128. The molecule has 0 spiro atoms. The Kier molecular flexibility index (Phi) is 5.59. The van der Waals surface area contributed by atoms with Crippen LogP contribution in [0.25, 0.3) is 0 Å². The van der Waals surface area contributed by atoms with Gasteiger partial charge in [0.2, 0.25) is 5.91 Å². The average Bonchev–Trinajstić information content (AvgIpc) is 2.73. The quantitative estimate of drug-likeness (QED) is 0.657. The van der Waals surface area contributed by atoms with E-state index in [-0.39, 0.29) is 5.91 Å². The van der Waals surface area contributed by atoms with E-state index >= 15 is 0 Å². The van der Waals surface area contributed by atoms with Gasteiger partial charge < -0.3 is 11.1 Å². The maximum Gasteiger partial charge on any atom is 0.233 e. The Bertz CT molecular complexity index is 525. The second-order valence-corrected chi connectivity index (χ2v) is 6.48. The normalized spacial score (nSPS) is 17.8. The van der Waals surface area contributed by atoms with Crippen LogP contribution in [-0.2, 0) is 11.3 Å². The second kappa shape index (κ2) is 7.23. The van der Waals surface area contributed by atoms with Gasteiger partial charge in [0.15, 0.2) is 0 Å². The number of carbonyl (C=O) groups excluding carboxylic acids is 1. The average molecular weight is 325 g/mol. The van der Waals surface area contributed by atoms with E-state index in [1.54, 1.807) is 0 Å². The summed E-state index contributed by atoms with van der Waals surface area (Å²) in [4.78, 5) is 13.0. The minimum Gasteiger partial charge on any atom is -0.392 e. The van der Waals surface area contributed by atoms with Crippen LogP contribution in [0.4, 0.5) is 0 Å². The fourth-order valence-electron chi connectivity index (χ4n) is 2.90. The molecule has 1 fully saturated rings. The van der Waals surface area contributed by atoms with Crippen molar-refractivity contribution in [3.63, 3.8) is 0 Å². The molecule has 1 aliphatic carbocycles. The number of nitrogens with one attached hydrogen (secondary N) is 1. The molecule has 0 bridgehead atoms. The number of halogens is 1. The van der Waals surface area contributed by atoms with Crippen molar-refractivity contribution in [1.82, 2.24) is 5.32 Å². The Hall–Kier alpha value is -1.13. The van der Waals surface area contributed by atoms with Gasteiger partial charge in [-0.3, -0.25) is 4.79 Å². The molecule has 0 unspecified atom stereocenters. The molecular weight excluding hydrogens is 304 g/mol. The van der Waals surface area contributed by atoms with Crippen molar-refractivity contribution in [1.29, 1.82) is 0 Å². The first-order valence-corrected chi connectivity index (χ1v) is 8.16. The smallest absolute Gasteiger partial charge is 0.233 e. The number of benzene rings is 1. The SMILES string of the molecule is NC(=S)C1(C(=O)NCc2ccccc2Cl)CCCCCC1. The van der Waals surface area contributed by atoms with Gasteiger partial charge in [-0.2, -0.15) is 0 Å². The zero-order valence-electron chi connectivity index (χ0n) is 12.0. The summed E-state index contributed by atoms with van der Waals surface area (Å²) in [6, 6.07) is 7.50. The standard InChI is InChI=1S/C16H21ClN2OS/c17-13-8-4-3-7-12(13)11-19-15(20)16(14(18)21)9-5-1-2-6-10-16/h3-4,7-8H,1-2,5-6,9-11H2,(H2,18,21)(H,19,20). The van der Waals surface area contributed by atoms with Crippen molar-refractivity contribution in [3.05, 3.63) is 34.9 Å². The lowest BCUT2D eigenvalue weighted by atomic mass is 9.79. The summed E-state index contributed by atoms with van der Waals surface area (Å²) < 4.78 is 0. The van der Waals surface area contributed by atoms with Gasteiger partial charge in [-0.05, 0) is 24.5 Å². The predicted molar refractivity (Wildman–Crippen MR) is 90.2 cm³/mol. The van der Waals surface area contributed by atoms with Gasteiger partial charge in [0, 0.05) is 11.6 Å². The van der Waals surface area contributed by atoms with Crippen molar-refractivity contribution in [2.45, 2.75) is 45.1 Å². The molecule has 1 aromatic rings. The number of hydrogen-bond donors (Lipinski definition) is 2. The molecule has 0 aliphatic heterocycles. The number of nitrogens with two attached hydrogens (primary N) is 1. The molecule has 1 aromatic carbocycles. The minimum atomic E-state index is -0.687. The summed E-state index contributed by atoms with van der Waals surface area (Å²) in [6.07, 6.45) is 5.77. The fourth-order valence-corrected chi connectivity index (χ4v) is 3.40. The Morgan fingerprint density at radius 2 is 1.86 bits per heavy atom. The van der Waals surface area contributed by atoms with E-state index in [4.69, 9.17) is 29.6 Å². The summed E-state index contributed by atoms with van der Waals surface area (Å²) in [7, 11) is 0. The number of amides is 1. The molecular formula is C16H21ClN2OS. The third kappa shape index (κ3) is 3.74. The molecule has 2 rings (SSSR count). The van der Waals surface area contributed by atoms with Crippen LogP contribution in [0.3, 0.4) is 0 Å². The maximum atomic E-state index is 12.7. The zero-order chi connectivity index (χ0) is 15.3. The predicted octanol–water partition coefficient (Wildman–Crippen LogP) is 3.58. The number of carbonyl (C=O) groups is 1. The topological polar surface area (TPSA) is 55.1 Å². The molecule has 0 saturated heterocycles. The molecule has 3 N–H and O–H groups in total. The van der Waals surface area contributed by atoms with Gasteiger partial charge in [0.05, 0.1) is 10.4 Å². The van der Waals surface area contributed by atoms with Gasteiger partial charge in [-0.1, -0.05) is 67.7 Å². The van der Waals surface area contributed by atoms with Crippen LogP contribution in [0.2, 0.25) is 5.02 Å². The molecule has 3 nitrogen and oxygen atoms in total. The van der Waals surface area contributed by atoms with Gasteiger partial charge in [0.1, 0.15) is 0 Å². The highest BCUT2D eigenvalue weighted by atomic mass is 35.5. The highest BCUT2D eigenvalue weighted by Gasteiger charge is 2.41. The van der Waals surface area contributed by atoms with Crippen molar-refractivity contribution in [2.75, 3.05) is 0 Å². The lowest BCUT2D eigenvalue weighted by Crippen LogP contribution is -2.48. The third-order valence-corrected chi connectivity index (χ3v) is 5.02. The van der Waals surface area contributed by atoms with E-state index in [2.05, 4.69) is 5.32 Å². The van der Waals surface area contributed by atoms with Gasteiger partial charge >= 0.3 is 0 Å². The van der Waals surface area contributed by atoms with Crippen LogP contribution in [0.5, 0.6) is 0 Å². The number of rotatable bonds is 4. The lowest BCUT2D eigenvalue weighted by Gasteiger charge is -2.30. The summed E-state index contributed by atoms with van der Waals surface area (Å²) >= 11 is 11.3. The molecule has 1 saturated carbocycles. The highest BCUT2D eigenvalue weighted by Crippen LogP contribution is 2.36. The molecule has 5 heteroatoms. The van der Waals surface area contributed by atoms with Crippen LogP contribution in [0.15, 0.2) is 24.3 Å². The maximum absolute atomic E-state index is 12.7. The van der Waals surface area contributed by atoms with Crippen molar-refractivity contribution < 1.29 is 4.79 Å². The Morgan fingerprint density at radius 1 is 1.24 bits per heavy atom. The van der Waals surface area contributed by atoms with E-state index in [1.165, 1.54) is 0 Å². The second-order valence-electron chi connectivity index (χ2n) is 5.63. The molecule has 0 atom stereocenters. The summed E-state index contributed by atoms with van der Waals surface area (Å²) in [6.45, 7) is 0.406. The van der Waals surface area contributed by atoms with E-state index in [9.17, 15) is 4.79 Å². The van der Waals surface area contributed by atoms with E-state index in [0.717, 1.165) is 44.1 Å². The Morgan fingerprint density at radius 3 is 2.43 bits per heavy atom. The van der Waals surface area contributed by atoms with Gasteiger partial charge in [0.25, 0.3) is 0 Å². The van der Waals surface area contributed by atoms with Gasteiger partial charge in [-0.15, -0.1) is 0 Å². The van der Waals surface area contributed by atoms with Crippen LogP contribution in [0, 0.1) is 5.41 Å². The number of thiocarbonyl (C=S) groups is 1. The summed E-state index contributed by atoms with van der Waals surface area (Å²) in [5, 5.41) is 3.62. The first-order valence-electron chi connectivity index (χ1n) is 7.38. The van der Waals surface area contributed by atoms with Crippen LogP contribution in [0.1, 0.15) is 44.1 Å². The van der Waals surface area contributed by atoms with Crippen molar-refractivity contribution in [3.8, 4) is 0 Å². The molecule has 1 amide bonds. The van der Waals surface area contributed by atoms with Crippen LogP contribution < -0.4 is 11.1 Å². The molecule has 0 aromatic heterocycles. The molecule has 21 heavy (non-hydrogen) atoms. The summed E-state index contributed by atoms with van der Waals surface area (Å²) in [5.41, 5.74) is 6.13. The van der Waals surface area contributed by atoms with Crippen molar-refractivity contribution in [2.24, 2.45) is 11.1 Å². The molecule has 1 aliphatic rings. The molecule has 0 radical (unpaired) electrons.